The van der Waals surface area contributed by atoms with Crippen LogP contribution in [0.3, 0.4) is 0 Å². The smallest absolute Gasteiger partial charge is 0.303 e. The minimum atomic E-state index is -1.26. The van der Waals surface area contributed by atoms with Gasteiger partial charge >= 0.3 is 5.97 Å². The highest BCUT2D eigenvalue weighted by molar-refractivity contribution is 5.90. The van der Waals surface area contributed by atoms with Crippen LogP contribution in [-0.2, 0) is 33.3 Å². The Morgan fingerprint density at radius 1 is 0.889 bits per heavy atom. The molecule has 4 saturated heterocycles. The molecule has 0 aromatic rings. The van der Waals surface area contributed by atoms with Gasteiger partial charge in [-0.15, -0.1) is 0 Å². The standard InChI is InChI=1S/C42H66N2O8.C2H6/c1-25(45)50-37(39(4,5)47)30-9-7-29-36(51-30)35(46)34-28-8-10-31-38(2,3)32(11-14-42(31)24-41(28,42)16-15-40(29,34)6)52-33-21-44(19-20-49-33)26-12-17-43(18-13-26)27-22-48-23-27;1-2/h26-34,36-37,47H,7-24H2,1-6H3;1-2H3/t28?,29?,30?,31?,32-,33?,34?,36?,37?,40?,41-,42?;/m0./s1. The van der Waals surface area contributed by atoms with Gasteiger partial charge in [0, 0.05) is 45.1 Å². The number of rotatable bonds is 7. The van der Waals surface area contributed by atoms with Gasteiger partial charge < -0.3 is 28.8 Å². The van der Waals surface area contributed by atoms with Gasteiger partial charge in [-0.25, -0.2) is 0 Å². The first kappa shape index (κ1) is 39.7. The molecule has 0 aromatic heterocycles. The normalized spacial score (nSPS) is 45.6. The lowest BCUT2D eigenvalue weighted by molar-refractivity contribution is -0.248. The summed E-state index contributed by atoms with van der Waals surface area (Å²) in [7, 11) is 0. The van der Waals surface area contributed by atoms with E-state index in [1.165, 1.54) is 52.1 Å². The molecule has 9 aliphatic rings. The third-order valence-corrected chi connectivity index (χ3v) is 17.2. The van der Waals surface area contributed by atoms with Crippen LogP contribution in [-0.4, -0.2) is 121 Å². The number of piperidine rings is 1. The predicted molar refractivity (Wildman–Crippen MR) is 205 cm³/mol. The summed E-state index contributed by atoms with van der Waals surface area (Å²) in [6, 6.07) is 1.25. The SMILES string of the molecule is CC.CC(=O)OC(C1CCC2C(O1)C(=O)C1C3CCC4C(C)(C)[C@@H](OC5CN(C6CCN(C7COC7)CC6)CCO5)CCC45C[C@@]35CCC21C)C(C)(C)O. The Bertz CT molecular complexity index is 1400. The van der Waals surface area contributed by atoms with Crippen LogP contribution >= 0.6 is 0 Å². The zero-order chi connectivity index (χ0) is 38.4. The quantitative estimate of drug-likeness (QED) is 0.311. The second-order valence-electron chi connectivity index (χ2n) is 20.3. The Hall–Kier alpha value is -1.14. The summed E-state index contributed by atoms with van der Waals surface area (Å²) in [5, 5.41) is 10.9. The molecular formula is C44H72N2O8. The van der Waals surface area contributed by atoms with Gasteiger partial charge in [-0.05, 0) is 124 Å². The van der Waals surface area contributed by atoms with Crippen molar-refractivity contribution in [2.75, 3.05) is 46.0 Å². The molecule has 306 valence electrons. The molecule has 2 spiro atoms. The van der Waals surface area contributed by atoms with E-state index in [0.717, 1.165) is 65.0 Å². The van der Waals surface area contributed by atoms with Crippen LogP contribution in [0.5, 0.6) is 0 Å². The van der Waals surface area contributed by atoms with Crippen LogP contribution in [0.15, 0.2) is 0 Å². The average Bonchev–Trinajstić information content (AvgIpc) is 3.73. The van der Waals surface area contributed by atoms with Crippen molar-refractivity contribution >= 4 is 11.8 Å². The number of nitrogens with zero attached hydrogens (tertiary/aromatic N) is 2. The van der Waals surface area contributed by atoms with Crippen LogP contribution in [0, 0.1) is 45.3 Å². The molecule has 4 aliphatic heterocycles. The summed E-state index contributed by atoms with van der Waals surface area (Å²) < 4.78 is 31.1. The molecule has 1 N–H and O–H groups in total. The number of carbonyl (C=O) groups is 2. The molecule has 0 bridgehead atoms. The summed E-state index contributed by atoms with van der Waals surface area (Å²) in [5.74, 6) is 1.07. The molecule has 10 nitrogen and oxygen atoms in total. The third kappa shape index (κ3) is 6.20. The molecule has 0 amide bonds. The van der Waals surface area contributed by atoms with Crippen molar-refractivity contribution in [2.45, 2.75) is 174 Å². The molecule has 9 rings (SSSR count). The fourth-order valence-corrected chi connectivity index (χ4v) is 14.6. The Balaban J connectivity index is 0.00000203. The number of ketones is 1. The lowest BCUT2D eigenvalue weighted by atomic mass is 9.46. The van der Waals surface area contributed by atoms with Crippen molar-refractivity contribution in [1.82, 2.24) is 9.80 Å². The van der Waals surface area contributed by atoms with E-state index in [2.05, 4.69) is 30.6 Å². The topological polar surface area (TPSA) is 107 Å². The van der Waals surface area contributed by atoms with Gasteiger partial charge in [-0.3, -0.25) is 19.4 Å². The van der Waals surface area contributed by atoms with Crippen molar-refractivity contribution in [1.29, 1.82) is 0 Å². The van der Waals surface area contributed by atoms with Gasteiger partial charge in [0.25, 0.3) is 0 Å². The van der Waals surface area contributed by atoms with Crippen molar-refractivity contribution in [2.24, 2.45) is 45.3 Å². The lowest BCUT2D eigenvalue weighted by Crippen LogP contribution is -2.58. The molecule has 5 aliphatic carbocycles. The summed E-state index contributed by atoms with van der Waals surface area (Å²) >= 11 is 0. The number of hydrogen-bond donors (Lipinski definition) is 1. The number of aliphatic hydroxyl groups is 1. The van der Waals surface area contributed by atoms with E-state index >= 15 is 0 Å². The van der Waals surface area contributed by atoms with Gasteiger partial charge in [0.1, 0.15) is 6.10 Å². The highest BCUT2D eigenvalue weighted by Crippen LogP contribution is 2.87. The van der Waals surface area contributed by atoms with Crippen LogP contribution in [0.25, 0.3) is 0 Å². The number of esters is 1. The first-order valence-electron chi connectivity index (χ1n) is 22.1. The lowest BCUT2D eigenvalue weighted by Gasteiger charge is -2.59. The Kier molecular flexibility index (Phi) is 10.5. The molecule has 4 heterocycles. The summed E-state index contributed by atoms with van der Waals surface area (Å²) in [6.45, 7) is 22.8. The van der Waals surface area contributed by atoms with Gasteiger partial charge in [-0.2, -0.15) is 0 Å². The third-order valence-electron chi connectivity index (χ3n) is 17.2. The number of ether oxygens (including phenoxy) is 5. The molecule has 10 unspecified atom stereocenters. The van der Waals surface area contributed by atoms with Gasteiger partial charge in [0.2, 0.25) is 0 Å². The minimum absolute atomic E-state index is 0.0252. The molecule has 54 heavy (non-hydrogen) atoms. The summed E-state index contributed by atoms with van der Waals surface area (Å²) in [5.41, 5.74) is -0.726. The summed E-state index contributed by atoms with van der Waals surface area (Å²) in [4.78, 5) is 31.9. The van der Waals surface area contributed by atoms with E-state index < -0.39 is 29.9 Å². The first-order chi connectivity index (χ1) is 25.7. The Morgan fingerprint density at radius 2 is 1.61 bits per heavy atom. The van der Waals surface area contributed by atoms with Crippen LogP contribution in [0.4, 0.5) is 0 Å². The van der Waals surface area contributed by atoms with Crippen molar-refractivity contribution in [3.63, 3.8) is 0 Å². The zero-order valence-corrected chi connectivity index (χ0v) is 34.8. The van der Waals surface area contributed by atoms with E-state index in [0.29, 0.717) is 35.8 Å². The fraction of sp³-hybridized carbons (Fsp3) is 0.955. The maximum Gasteiger partial charge on any atom is 0.303 e. The van der Waals surface area contributed by atoms with E-state index in [4.69, 9.17) is 23.7 Å². The van der Waals surface area contributed by atoms with E-state index in [-0.39, 0.29) is 46.3 Å². The second kappa shape index (κ2) is 14.3. The Morgan fingerprint density at radius 3 is 2.28 bits per heavy atom. The number of hydrogen-bond acceptors (Lipinski definition) is 10. The van der Waals surface area contributed by atoms with Gasteiger partial charge in [-0.1, -0.05) is 34.6 Å². The van der Waals surface area contributed by atoms with Crippen molar-refractivity contribution in [3.05, 3.63) is 0 Å². The molecule has 10 heteroatoms. The van der Waals surface area contributed by atoms with Gasteiger partial charge in [0.05, 0.1) is 43.7 Å². The first-order valence-corrected chi connectivity index (χ1v) is 22.1. The Labute approximate surface area is 325 Å². The monoisotopic (exact) mass is 757 g/mol. The molecule has 5 saturated carbocycles. The van der Waals surface area contributed by atoms with Crippen LogP contribution in [0.2, 0.25) is 0 Å². The maximum atomic E-state index is 14.7. The predicted octanol–water partition coefficient (Wildman–Crippen LogP) is 6.01. The highest BCUT2D eigenvalue weighted by Gasteiger charge is 2.82. The van der Waals surface area contributed by atoms with E-state index in [1.807, 2.05) is 13.8 Å². The molecule has 9 fully saturated rings. The molecule has 0 aromatic carbocycles. The van der Waals surface area contributed by atoms with E-state index in [1.54, 1.807) is 13.8 Å². The minimum Gasteiger partial charge on any atom is -0.457 e. The number of fused-ring (bicyclic) bond motifs is 4. The van der Waals surface area contributed by atoms with Gasteiger partial charge in [0.15, 0.2) is 18.2 Å². The number of morpholine rings is 1. The number of likely N-dealkylation sites (tertiary alicyclic amines) is 1. The highest BCUT2D eigenvalue weighted by atomic mass is 16.7. The summed E-state index contributed by atoms with van der Waals surface area (Å²) in [6.07, 6.45) is 10.4. The maximum absolute atomic E-state index is 14.7. The van der Waals surface area contributed by atoms with Crippen molar-refractivity contribution < 1.29 is 38.4 Å². The number of carbonyl (C=O) groups excluding carboxylic acids is 2. The molecule has 0 radical (unpaired) electrons. The number of Topliss-reactive ketones (excluding diaryl/α,β-unsaturated/α-hetero) is 1. The van der Waals surface area contributed by atoms with Crippen molar-refractivity contribution in [3.8, 4) is 0 Å². The largest absolute Gasteiger partial charge is 0.457 e. The molecular weight excluding hydrogens is 684 g/mol. The molecule has 12 atom stereocenters. The van der Waals surface area contributed by atoms with E-state index in [9.17, 15) is 14.7 Å². The van der Waals surface area contributed by atoms with Crippen LogP contribution in [0.1, 0.15) is 126 Å². The fourth-order valence-electron chi connectivity index (χ4n) is 14.6. The second-order valence-corrected chi connectivity index (χ2v) is 20.3. The average molecular weight is 757 g/mol. The van der Waals surface area contributed by atoms with Crippen LogP contribution < -0.4 is 0 Å². The zero-order valence-electron chi connectivity index (χ0n) is 34.8.